The highest BCUT2D eigenvalue weighted by Gasteiger charge is 2.23. The first-order valence-electron chi connectivity index (χ1n) is 9.53. The number of pyridine rings is 1. The highest BCUT2D eigenvalue weighted by Crippen LogP contribution is 2.28. The number of aromatic nitrogens is 3. The molecule has 3 heterocycles. The Kier molecular flexibility index (Phi) is 5.96. The molecule has 1 amide bonds. The highest BCUT2D eigenvalue weighted by molar-refractivity contribution is 5.93. The van der Waals surface area contributed by atoms with E-state index in [4.69, 9.17) is 4.74 Å². The van der Waals surface area contributed by atoms with Gasteiger partial charge in [0.1, 0.15) is 0 Å². The smallest absolute Gasteiger partial charge is 0.225 e. The second kappa shape index (κ2) is 8.22. The first-order valence-corrected chi connectivity index (χ1v) is 9.53. The second-order valence-corrected chi connectivity index (χ2v) is 7.65. The molecule has 0 saturated carbocycles. The van der Waals surface area contributed by atoms with Crippen molar-refractivity contribution in [1.82, 2.24) is 20.1 Å². The van der Waals surface area contributed by atoms with Crippen LogP contribution in [-0.2, 0) is 22.5 Å². The van der Waals surface area contributed by atoms with Crippen molar-refractivity contribution >= 4 is 22.6 Å². The predicted molar refractivity (Wildman–Crippen MR) is 104 cm³/mol. The van der Waals surface area contributed by atoms with E-state index in [1.807, 2.05) is 17.8 Å². The summed E-state index contributed by atoms with van der Waals surface area (Å²) >= 11 is 0. The van der Waals surface area contributed by atoms with Crippen molar-refractivity contribution in [2.75, 3.05) is 25.1 Å². The minimum Gasteiger partial charge on any atom is -0.394 e. The summed E-state index contributed by atoms with van der Waals surface area (Å²) in [6, 6.07) is 0.296. The summed E-state index contributed by atoms with van der Waals surface area (Å²) in [4.78, 5) is 17.1. The van der Waals surface area contributed by atoms with Crippen LogP contribution in [0.2, 0.25) is 0 Å². The number of anilines is 1. The van der Waals surface area contributed by atoms with E-state index in [0.717, 1.165) is 54.9 Å². The maximum atomic E-state index is 12.5. The Balaban J connectivity index is 1.90. The lowest BCUT2D eigenvalue weighted by Gasteiger charge is -2.26. The third-order valence-electron chi connectivity index (χ3n) is 4.84. The van der Waals surface area contributed by atoms with E-state index in [1.54, 1.807) is 20.0 Å². The number of aryl methyl sites for hydroxylation is 1. The van der Waals surface area contributed by atoms with Gasteiger partial charge in [0.15, 0.2) is 5.65 Å². The molecule has 3 rings (SSSR count). The minimum atomic E-state index is -0.657. The van der Waals surface area contributed by atoms with E-state index >= 15 is 0 Å². The van der Waals surface area contributed by atoms with Crippen LogP contribution in [-0.4, -0.2) is 57.2 Å². The van der Waals surface area contributed by atoms with E-state index in [1.165, 1.54) is 0 Å². The molecule has 1 fully saturated rings. The van der Waals surface area contributed by atoms with Crippen LogP contribution in [0.1, 0.15) is 39.2 Å². The number of ether oxygens (including phenoxy) is 1. The quantitative estimate of drug-likeness (QED) is 0.677. The van der Waals surface area contributed by atoms with Crippen molar-refractivity contribution in [3.05, 3.63) is 18.0 Å². The van der Waals surface area contributed by atoms with Crippen LogP contribution in [0.25, 0.3) is 11.0 Å². The van der Waals surface area contributed by atoms with Crippen LogP contribution in [0, 0.1) is 0 Å². The molecular weight excluding hydrogens is 346 g/mol. The van der Waals surface area contributed by atoms with Gasteiger partial charge in [-0.05, 0) is 33.6 Å². The Bertz CT molecular complexity index is 796. The van der Waals surface area contributed by atoms with Crippen LogP contribution in [0.5, 0.6) is 0 Å². The molecule has 0 spiro atoms. The topological polar surface area (TPSA) is 101 Å². The maximum absolute atomic E-state index is 12.5. The molecule has 0 atom stereocenters. The third-order valence-corrected chi connectivity index (χ3v) is 4.84. The highest BCUT2D eigenvalue weighted by atomic mass is 16.5. The summed E-state index contributed by atoms with van der Waals surface area (Å²) < 4.78 is 7.30. The Morgan fingerprint density at radius 2 is 2.11 bits per heavy atom. The molecule has 8 nitrogen and oxygen atoms in total. The number of nitrogens with zero attached hydrogens (tertiary/aromatic N) is 3. The zero-order chi connectivity index (χ0) is 19.4. The van der Waals surface area contributed by atoms with E-state index < -0.39 is 5.54 Å². The van der Waals surface area contributed by atoms with Gasteiger partial charge in [0.2, 0.25) is 5.91 Å². The molecule has 27 heavy (non-hydrogen) atoms. The van der Waals surface area contributed by atoms with Gasteiger partial charge in [0.05, 0.1) is 35.8 Å². The minimum absolute atomic E-state index is 0.119. The van der Waals surface area contributed by atoms with Crippen LogP contribution < -0.4 is 10.6 Å². The van der Waals surface area contributed by atoms with Gasteiger partial charge < -0.3 is 20.5 Å². The van der Waals surface area contributed by atoms with Crippen molar-refractivity contribution in [2.24, 2.45) is 0 Å². The van der Waals surface area contributed by atoms with E-state index in [2.05, 4.69) is 20.7 Å². The van der Waals surface area contributed by atoms with Crippen molar-refractivity contribution in [2.45, 2.75) is 58.2 Å². The van der Waals surface area contributed by atoms with Gasteiger partial charge in [-0.25, -0.2) is 9.67 Å². The molecule has 1 aliphatic rings. The molecule has 3 N–H and O–H groups in total. The van der Waals surface area contributed by atoms with Gasteiger partial charge in [0, 0.05) is 37.6 Å². The molecule has 0 radical (unpaired) electrons. The number of carbonyl (C=O) groups excluding carboxylic acids is 1. The lowest BCUT2D eigenvalue weighted by Crippen LogP contribution is -2.46. The number of amides is 1. The summed E-state index contributed by atoms with van der Waals surface area (Å²) in [5, 5.41) is 21.2. The van der Waals surface area contributed by atoms with Gasteiger partial charge >= 0.3 is 0 Å². The number of aliphatic hydroxyl groups excluding tert-OH is 1. The number of carbonyl (C=O) groups is 1. The largest absolute Gasteiger partial charge is 0.394 e. The normalized spacial score (nSPS) is 15.9. The van der Waals surface area contributed by atoms with E-state index in [-0.39, 0.29) is 18.9 Å². The first kappa shape index (κ1) is 19.6. The first-order chi connectivity index (χ1) is 12.9. The summed E-state index contributed by atoms with van der Waals surface area (Å²) in [6.07, 6.45) is 5.61. The molecule has 0 bridgehead atoms. The number of nitrogens with one attached hydrogen (secondary N) is 2. The lowest BCUT2D eigenvalue weighted by atomic mass is 10.0. The van der Waals surface area contributed by atoms with E-state index in [9.17, 15) is 9.90 Å². The maximum Gasteiger partial charge on any atom is 0.225 e. The summed E-state index contributed by atoms with van der Waals surface area (Å²) in [5.74, 6) is -0.145. The van der Waals surface area contributed by atoms with Crippen LogP contribution in [0.15, 0.2) is 12.4 Å². The Hall–Kier alpha value is -2.19. The van der Waals surface area contributed by atoms with Crippen molar-refractivity contribution in [3.63, 3.8) is 0 Å². The molecule has 1 saturated heterocycles. The lowest BCUT2D eigenvalue weighted by molar-refractivity contribution is -0.122. The van der Waals surface area contributed by atoms with Crippen LogP contribution >= 0.6 is 0 Å². The van der Waals surface area contributed by atoms with Gasteiger partial charge in [-0.2, -0.15) is 5.10 Å². The SMILES string of the molecule is CCn1ncc2c(NC3CCOCC3)c(CC(=O)NC(C)(C)CO)cnc21. The molecule has 0 unspecified atom stereocenters. The monoisotopic (exact) mass is 375 g/mol. The zero-order valence-electron chi connectivity index (χ0n) is 16.3. The molecule has 0 aliphatic carbocycles. The standard InChI is InChI=1S/C19H29N5O3/c1-4-24-18-15(11-21-24)17(22-14-5-7-27-8-6-14)13(10-20-18)9-16(26)23-19(2,3)12-25/h10-11,14,25H,4-9,12H2,1-3H3,(H,20,22)(H,23,26). The zero-order valence-corrected chi connectivity index (χ0v) is 16.3. The van der Waals surface area contributed by atoms with Gasteiger partial charge in [-0.15, -0.1) is 0 Å². The number of hydrogen-bond donors (Lipinski definition) is 3. The Morgan fingerprint density at radius 3 is 2.78 bits per heavy atom. The van der Waals surface area contributed by atoms with Crippen molar-refractivity contribution in [1.29, 1.82) is 0 Å². The molecule has 0 aromatic carbocycles. The summed E-state index contributed by atoms with van der Waals surface area (Å²) in [7, 11) is 0. The fraction of sp³-hybridized carbons (Fsp3) is 0.632. The van der Waals surface area contributed by atoms with E-state index in [0.29, 0.717) is 6.04 Å². The number of hydrogen-bond acceptors (Lipinski definition) is 6. The van der Waals surface area contributed by atoms with Gasteiger partial charge in [-0.3, -0.25) is 4.79 Å². The summed E-state index contributed by atoms with van der Waals surface area (Å²) in [6.45, 7) is 7.70. The molecule has 8 heteroatoms. The van der Waals surface area contributed by atoms with Crippen LogP contribution in [0.3, 0.4) is 0 Å². The van der Waals surface area contributed by atoms with Crippen molar-refractivity contribution in [3.8, 4) is 0 Å². The molecule has 148 valence electrons. The van der Waals surface area contributed by atoms with Gasteiger partial charge in [-0.1, -0.05) is 0 Å². The average Bonchev–Trinajstić information content (AvgIpc) is 3.07. The third kappa shape index (κ3) is 4.56. The van der Waals surface area contributed by atoms with Crippen molar-refractivity contribution < 1.29 is 14.6 Å². The molecule has 2 aromatic rings. The predicted octanol–water partition coefficient (Wildman–Crippen LogP) is 1.47. The number of aliphatic hydroxyl groups is 1. The fourth-order valence-corrected chi connectivity index (χ4v) is 3.28. The Labute approximate surface area is 159 Å². The second-order valence-electron chi connectivity index (χ2n) is 7.65. The van der Waals surface area contributed by atoms with Gasteiger partial charge in [0.25, 0.3) is 0 Å². The average molecular weight is 375 g/mol. The number of fused-ring (bicyclic) bond motifs is 1. The fourth-order valence-electron chi connectivity index (χ4n) is 3.28. The number of rotatable bonds is 7. The molecular formula is C19H29N5O3. The molecule has 1 aliphatic heterocycles. The Morgan fingerprint density at radius 1 is 1.37 bits per heavy atom. The summed E-state index contributed by atoms with van der Waals surface area (Å²) in [5.41, 5.74) is 1.90. The molecule has 2 aromatic heterocycles. The van der Waals surface area contributed by atoms with Crippen LogP contribution in [0.4, 0.5) is 5.69 Å².